The summed E-state index contributed by atoms with van der Waals surface area (Å²) in [6.07, 6.45) is 2.36. The van der Waals surface area contributed by atoms with Crippen LogP contribution in [-0.4, -0.2) is 42.3 Å². The molecule has 66 valence electrons. The van der Waals surface area contributed by atoms with Crippen LogP contribution in [0.4, 0.5) is 4.79 Å². The van der Waals surface area contributed by atoms with Crippen LogP contribution < -0.4 is 5.32 Å². The van der Waals surface area contributed by atoms with Gasteiger partial charge >= 0.3 is 6.09 Å². The standard InChI is InChI=1S/C8H12N2O2/c11-8-10(5-1-2-5)6-3-9-4-7(6)12-8/h5-7,9H,1-4H2. The van der Waals surface area contributed by atoms with E-state index in [1.165, 1.54) is 12.8 Å². The fraction of sp³-hybridized carbons (Fsp3) is 0.875. The van der Waals surface area contributed by atoms with E-state index in [1.807, 2.05) is 4.90 Å². The predicted octanol–water partition coefficient (Wildman–Crippen LogP) is -0.0586. The summed E-state index contributed by atoms with van der Waals surface area (Å²) < 4.78 is 5.22. The lowest BCUT2D eigenvalue weighted by atomic mass is 10.2. The van der Waals surface area contributed by atoms with Crippen molar-refractivity contribution in [2.75, 3.05) is 13.1 Å². The van der Waals surface area contributed by atoms with E-state index >= 15 is 0 Å². The highest BCUT2D eigenvalue weighted by Crippen LogP contribution is 2.35. The largest absolute Gasteiger partial charge is 0.442 e. The average molecular weight is 168 g/mol. The molecule has 0 aromatic rings. The van der Waals surface area contributed by atoms with Gasteiger partial charge in [0.05, 0.1) is 6.04 Å². The van der Waals surface area contributed by atoms with Crippen molar-refractivity contribution in [3.8, 4) is 0 Å². The minimum absolute atomic E-state index is 0.0889. The number of hydrogen-bond donors (Lipinski definition) is 1. The van der Waals surface area contributed by atoms with Crippen LogP contribution in [0.5, 0.6) is 0 Å². The Morgan fingerprint density at radius 1 is 1.42 bits per heavy atom. The van der Waals surface area contributed by atoms with E-state index in [-0.39, 0.29) is 12.2 Å². The molecule has 1 aliphatic carbocycles. The Bertz CT molecular complexity index is 227. The van der Waals surface area contributed by atoms with E-state index in [1.54, 1.807) is 0 Å². The summed E-state index contributed by atoms with van der Waals surface area (Å²) in [4.78, 5) is 13.3. The van der Waals surface area contributed by atoms with E-state index in [9.17, 15) is 4.79 Å². The highest BCUT2D eigenvalue weighted by atomic mass is 16.6. The molecule has 2 heterocycles. The molecule has 0 aromatic heterocycles. The minimum Gasteiger partial charge on any atom is -0.442 e. The van der Waals surface area contributed by atoms with E-state index in [0.29, 0.717) is 12.1 Å². The van der Waals surface area contributed by atoms with Crippen LogP contribution in [0, 0.1) is 0 Å². The molecule has 2 unspecified atom stereocenters. The maximum atomic E-state index is 11.3. The Balaban J connectivity index is 1.84. The van der Waals surface area contributed by atoms with Gasteiger partial charge < -0.3 is 10.1 Å². The van der Waals surface area contributed by atoms with Crippen LogP contribution in [0.1, 0.15) is 12.8 Å². The van der Waals surface area contributed by atoms with Gasteiger partial charge in [0.25, 0.3) is 0 Å². The maximum Gasteiger partial charge on any atom is 0.410 e. The van der Waals surface area contributed by atoms with Crippen LogP contribution in [0.2, 0.25) is 0 Å². The number of rotatable bonds is 1. The van der Waals surface area contributed by atoms with E-state index in [0.717, 1.165) is 13.1 Å². The first-order valence-corrected chi connectivity index (χ1v) is 4.56. The molecule has 0 radical (unpaired) electrons. The third-order valence-electron chi connectivity index (χ3n) is 2.89. The molecule has 0 bridgehead atoms. The third kappa shape index (κ3) is 0.784. The molecule has 1 N–H and O–H groups in total. The van der Waals surface area contributed by atoms with E-state index in [2.05, 4.69) is 5.32 Å². The van der Waals surface area contributed by atoms with Crippen molar-refractivity contribution in [3.05, 3.63) is 0 Å². The molecule has 3 fully saturated rings. The zero-order valence-corrected chi connectivity index (χ0v) is 6.82. The van der Waals surface area contributed by atoms with Gasteiger partial charge in [-0.1, -0.05) is 0 Å². The average Bonchev–Trinajstić information content (AvgIpc) is 2.66. The van der Waals surface area contributed by atoms with Gasteiger partial charge in [0.1, 0.15) is 6.10 Å². The van der Waals surface area contributed by atoms with Crippen molar-refractivity contribution in [2.45, 2.75) is 31.0 Å². The predicted molar refractivity (Wildman–Crippen MR) is 41.8 cm³/mol. The van der Waals surface area contributed by atoms with Gasteiger partial charge in [0, 0.05) is 19.1 Å². The number of nitrogens with zero attached hydrogens (tertiary/aromatic N) is 1. The van der Waals surface area contributed by atoms with E-state index < -0.39 is 0 Å². The smallest absolute Gasteiger partial charge is 0.410 e. The normalized spacial score (nSPS) is 40.0. The zero-order chi connectivity index (χ0) is 8.13. The second-order valence-electron chi connectivity index (χ2n) is 3.79. The summed E-state index contributed by atoms with van der Waals surface area (Å²) in [6.45, 7) is 1.74. The highest BCUT2D eigenvalue weighted by Gasteiger charge is 2.50. The fourth-order valence-electron chi connectivity index (χ4n) is 2.14. The first-order valence-electron chi connectivity index (χ1n) is 4.56. The van der Waals surface area contributed by atoms with Crippen LogP contribution in [0.25, 0.3) is 0 Å². The lowest BCUT2D eigenvalue weighted by Gasteiger charge is -2.18. The molecule has 2 saturated heterocycles. The number of carbonyl (C=O) groups is 1. The fourth-order valence-corrected chi connectivity index (χ4v) is 2.14. The van der Waals surface area contributed by atoms with Crippen LogP contribution >= 0.6 is 0 Å². The molecule has 0 aromatic carbocycles. The Hall–Kier alpha value is -0.770. The topological polar surface area (TPSA) is 41.6 Å². The summed E-state index contributed by atoms with van der Waals surface area (Å²) in [5.41, 5.74) is 0. The van der Waals surface area contributed by atoms with E-state index in [4.69, 9.17) is 4.74 Å². The molecule has 3 rings (SSSR count). The SMILES string of the molecule is O=C1OC2CNCC2N1C1CC1. The quantitative estimate of drug-likeness (QED) is 0.596. The number of nitrogens with one attached hydrogen (secondary N) is 1. The Labute approximate surface area is 70.9 Å². The van der Waals surface area contributed by atoms with Crippen molar-refractivity contribution in [1.82, 2.24) is 10.2 Å². The summed E-state index contributed by atoms with van der Waals surface area (Å²) in [5, 5.41) is 3.24. The maximum absolute atomic E-state index is 11.3. The van der Waals surface area contributed by atoms with Crippen molar-refractivity contribution >= 4 is 6.09 Å². The van der Waals surface area contributed by atoms with Crippen LogP contribution in [-0.2, 0) is 4.74 Å². The number of amides is 1. The summed E-state index contributed by atoms with van der Waals surface area (Å²) in [5.74, 6) is 0. The number of carbonyl (C=O) groups excluding carboxylic acids is 1. The lowest BCUT2D eigenvalue weighted by molar-refractivity contribution is 0.133. The molecule has 1 amide bonds. The minimum atomic E-state index is -0.0889. The van der Waals surface area contributed by atoms with Crippen LogP contribution in [0.3, 0.4) is 0 Å². The molecule has 3 aliphatic rings. The second kappa shape index (κ2) is 2.13. The summed E-state index contributed by atoms with van der Waals surface area (Å²) in [6, 6.07) is 0.817. The first-order chi connectivity index (χ1) is 5.86. The van der Waals surface area contributed by atoms with Gasteiger partial charge in [-0.2, -0.15) is 0 Å². The van der Waals surface area contributed by atoms with Gasteiger partial charge in [-0.25, -0.2) is 4.79 Å². The van der Waals surface area contributed by atoms with Crippen LogP contribution in [0.15, 0.2) is 0 Å². The van der Waals surface area contributed by atoms with Crippen molar-refractivity contribution in [1.29, 1.82) is 0 Å². The lowest BCUT2D eigenvalue weighted by Crippen LogP contribution is -2.38. The molecule has 2 atom stereocenters. The monoisotopic (exact) mass is 168 g/mol. The molecule has 0 spiro atoms. The number of fused-ring (bicyclic) bond motifs is 1. The molecule has 2 aliphatic heterocycles. The van der Waals surface area contributed by atoms with Crippen molar-refractivity contribution in [2.24, 2.45) is 0 Å². The molecule has 12 heavy (non-hydrogen) atoms. The molecular formula is C8H12N2O2. The van der Waals surface area contributed by atoms with Crippen molar-refractivity contribution in [3.63, 3.8) is 0 Å². The Morgan fingerprint density at radius 3 is 3.00 bits per heavy atom. The summed E-state index contributed by atoms with van der Waals surface area (Å²) in [7, 11) is 0. The molecule has 4 nitrogen and oxygen atoms in total. The molecule has 1 saturated carbocycles. The van der Waals surface area contributed by atoms with Gasteiger partial charge in [-0.05, 0) is 12.8 Å². The molecule has 4 heteroatoms. The second-order valence-corrected chi connectivity index (χ2v) is 3.79. The number of hydrogen-bond acceptors (Lipinski definition) is 3. The van der Waals surface area contributed by atoms with Gasteiger partial charge in [0.15, 0.2) is 0 Å². The van der Waals surface area contributed by atoms with Crippen molar-refractivity contribution < 1.29 is 9.53 Å². The first kappa shape index (κ1) is 6.71. The summed E-state index contributed by atoms with van der Waals surface area (Å²) >= 11 is 0. The highest BCUT2D eigenvalue weighted by molar-refractivity contribution is 5.72. The Morgan fingerprint density at radius 2 is 2.25 bits per heavy atom. The molecular weight excluding hydrogens is 156 g/mol. The third-order valence-corrected chi connectivity index (χ3v) is 2.89. The number of ether oxygens (including phenoxy) is 1. The van der Waals surface area contributed by atoms with Gasteiger partial charge in [-0.3, -0.25) is 4.90 Å². The van der Waals surface area contributed by atoms with Gasteiger partial charge in [-0.15, -0.1) is 0 Å². The zero-order valence-electron chi connectivity index (χ0n) is 6.82. The van der Waals surface area contributed by atoms with Gasteiger partial charge in [0.2, 0.25) is 0 Å². The Kier molecular flexibility index (Phi) is 1.19.